The molecule has 2 fully saturated rings. The number of aromatic nitrogens is 1. The van der Waals surface area contributed by atoms with Gasteiger partial charge in [0.15, 0.2) is 0 Å². The first-order chi connectivity index (χ1) is 11.8. The summed E-state index contributed by atoms with van der Waals surface area (Å²) in [5, 5.41) is 1.08. The van der Waals surface area contributed by atoms with Crippen molar-refractivity contribution in [3.63, 3.8) is 0 Å². The highest BCUT2D eigenvalue weighted by Crippen LogP contribution is 2.17. The molecule has 6 heteroatoms. The SMILES string of the molecule is O=C(c1cc2ccccc2[nH]1)N1CCN(CC2COCCO2)CC1. The van der Waals surface area contributed by atoms with Crippen LogP contribution >= 0.6 is 0 Å². The lowest BCUT2D eigenvalue weighted by atomic mass is 10.2. The first kappa shape index (κ1) is 15.6. The number of piperazine rings is 1. The van der Waals surface area contributed by atoms with Gasteiger partial charge in [0.2, 0.25) is 0 Å². The number of rotatable bonds is 3. The van der Waals surface area contributed by atoms with Gasteiger partial charge in [-0.25, -0.2) is 0 Å². The van der Waals surface area contributed by atoms with E-state index in [1.165, 1.54) is 0 Å². The number of carbonyl (C=O) groups is 1. The second-order valence-corrected chi connectivity index (χ2v) is 6.43. The molecule has 0 aliphatic carbocycles. The van der Waals surface area contributed by atoms with Crippen LogP contribution in [0.3, 0.4) is 0 Å². The van der Waals surface area contributed by atoms with Gasteiger partial charge in [0.05, 0.1) is 25.9 Å². The summed E-state index contributed by atoms with van der Waals surface area (Å²) in [6, 6.07) is 9.92. The molecule has 128 valence electrons. The van der Waals surface area contributed by atoms with Gasteiger partial charge in [-0.2, -0.15) is 0 Å². The molecule has 1 atom stereocenters. The minimum absolute atomic E-state index is 0.0862. The van der Waals surface area contributed by atoms with Gasteiger partial charge in [-0.05, 0) is 12.1 Å². The van der Waals surface area contributed by atoms with Crippen molar-refractivity contribution < 1.29 is 14.3 Å². The lowest BCUT2D eigenvalue weighted by Gasteiger charge is -2.36. The highest BCUT2D eigenvalue weighted by Gasteiger charge is 2.25. The molecule has 2 saturated heterocycles. The molecule has 2 aromatic rings. The average molecular weight is 329 g/mol. The zero-order valence-corrected chi connectivity index (χ0v) is 13.7. The summed E-state index contributed by atoms with van der Waals surface area (Å²) in [6.45, 7) is 6.20. The lowest BCUT2D eigenvalue weighted by Crippen LogP contribution is -2.51. The Balaban J connectivity index is 1.34. The third-order valence-electron chi connectivity index (χ3n) is 4.77. The van der Waals surface area contributed by atoms with Gasteiger partial charge in [0.25, 0.3) is 5.91 Å². The van der Waals surface area contributed by atoms with Crippen molar-refractivity contribution in [3.8, 4) is 0 Å². The Morgan fingerprint density at radius 2 is 2.00 bits per heavy atom. The number of aromatic amines is 1. The minimum Gasteiger partial charge on any atom is -0.376 e. The fraction of sp³-hybridized carbons (Fsp3) is 0.500. The smallest absolute Gasteiger partial charge is 0.270 e. The molecule has 2 aliphatic rings. The molecule has 24 heavy (non-hydrogen) atoms. The van der Waals surface area contributed by atoms with E-state index in [0.29, 0.717) is 25.5 Å². The second kappa shape index (κ2) is 6.93. The van der Waals surface area contributed by atoms with Gasteiger partial charge in [0, 0.05) is 43.6 Å². The van der Waals surface area contributed by atoms with Crippen molar-refractivity contribution in [2.45, 2.75) is 6.10 Å². The predicted molar refractivity (Wildman–Crippen MR) is 91.2 cm³/mol. The van der Waals surface area contributed by atoms with Crippen molar-refractivity contribution in [1.29, 1.82) is 0 Å². The molecule has 1 aromatic heterocycles. The number of para-hydroxylation sites is 1. The van der Waals surface area contributed by atoms with Crippen LogP contribution in [0.2, 0.25) is 0 Å². The summed E-state index contributed by atoms with van der Waals surface area (Å²) >= 11 is 0. The van der Waals surface area contributed by atoms with E-state index < -0.39 is 0 Å². The van der Waals surface area contributed by atoms with Crippen LogP contribution in [0.4, 0.5) is 0 Å². The monoisotopic (exact) mass is 329 g/mol. The van der Waals surface area contributed by atoms with Crippen LogP contribution in [0.25, 0.3) is 10.9 Å². The summed E-state index contributed by atoms with van der Waals surface area (Å²) in [5.41, 5.74) is 1.68. The Kier molecular flexibility index (Phi) is 4.51. The number of fused-ring (bicyclic) bond motifs is 1. The largest absolute Gasteiger partial charge is 0.376 e. The molecule has 4 rings (SSSR count). The first-order valence-corrected chi connectivity index (χ1v) is 8.58. The summed E-state index contributed by atoms with van der Waals surface area (Å²) in [4.78, 5) is 20.2. The van der Waals surface area contributed by atoms with E-state index in [-0.39, 0.29) is 12.0 Å². The quantitative estimate of drug-likeness (QED) is 0.923. The number of nitrogens with zero attached hydrogens (tertiary/aromatic N) is 2. The van der Waals surface area contributed by atoms with Crippen molar-refractivity contribution in [2.75, 3.05) is 52.5 Å². The Labute approximate surface area is 141 Å². The van der Waals surface area contributed by atoms with E-state index in [1.54, 1.807) is 0 Å². The van der Waals surface area contributed by atoms with Crippen LogP contribution in [-0.2, 0) is 9.47 Å². The highest BCUT2D eigenvalue weighted by molar-refractivity contribution is 5.98. The van der Waals surface area contributed by atoms with Gasteiger partial charge < -0.3 is 19.4 Å². The molecular formula is C18H23N3O3. The number of nitrogens with one attached hydrogen (secondary N) is 1. The zero-order valence-electron chi connectivity index (χ0n) is 13.7. The molecule has 2 aliphatic heterocycles. The minimum atomic E-state index is 0.0862. The van der Waals surface area contributed by atoms with Crippen LogP contribution in [-0.4, -0.2) is 79.3 Å². The highest BCUT2D eigenvalue weighted by atomic mass is 16.6. The van der Waals surface area contributed by atoms with Crippen LogP contribution in [0, 0.1) is 0 Å². The molecule has 3 heterocycles. The fourth-order valence-corrected chi connectivity index (χ4v) is 3.42. The van der Waals surface area contributed by atoms with E-state index in [0.717, 1.165) is 43.6 Å². The number of amides is 1. The molecular weight excluding hydrogens is 306 g/mol. The van der Waals surface area contributed by atoms with Gasteiger partial charge in [-0.1, -0.05) is 18.2 Å². The summed E-state index contributed by atoms with van der Waals surface area (Å²) in [7, 11) is 0. The Hall–Kier alpha value is -1.89. The summed E-state index contributed by atoms with van der Waals surface area (Å²) in [5.74, 6) is 0.0862. The normalized spacial score (nSPS) is 22.8. The molecule has 0 spiro atoms. The lowest BCUT2D eigenvalue weighted by molar-refractivity contribution is -0.0994. The number of ether oxygens (including phenoxy) is 2. The van der Waals surface area contributed by atoms with Crippen LogP contribution < -0.4 is 0 Å². The summed E-state index contributed by atoms with van der Waals surface area (Å²) < 4.78 is 11.2. The topological polar surface area (TPSA) is 57.8 Å². The predicted octanol–water partition coefficient (Wildman–Crippen LogP) is 1.34. The van der Waals surface area contributed by atoms with Gasteiger partial charge in [-0.3, -0.25) is 9.69 Å². The molecule has 1 amide bonds. The van der Waals surface area contributed by atoms with Crippen LogP contribution in [0.5, 0.6) is 0 Å². The third kappa shape index (κ3) is 3.31. The number of hydrogen-bond donors (Lipinski definition) is 1. The number of H-pyrrole nitrogens is 1. The number of hydrogen-bond acceptors (Lipinski definition) is 4. The fourth-order valence-electron chi connectivity index (χ4n) is 3.42. The van der Waals surface area contributed by atoms with Gasteiger partial charge in [-0.15, -0.1) is 0 Å². The van der Waals surface area contributed by atoms with E-state index in [4.69, 9.17) is 9.47 Å². The molecule has 0 radical (unpaired) electrons. The van der Waals surface area contributed by atoms with E-state index in [1.807, 2.05) is 35.2 Å². The van der Waals surface area contributed by atoms with Gasteiger partial charge >= 0.3 is 0 Å². The van der Waals surface area contributed by atoms with Crippen LogP contribution in [0.15, 0.2) is 30.3 Å². The number of carbonyl (C=O) groups excluding carboxylic acids is 1. The summed E-state index contributed by atoms with van der Waals surface area (Å²) in [6.07, 6.45) is 0.162. The van der Waals surface area contributed by atoms with Crippen molar-refractivity contribution in [2.24, 2.45) is 0 Å². The molecule has 0 saturated carbocycles. The first-order valence-electron chi connectivity index (χ1n) is 8.58. The molecule has 6 nitrogen and oxygen atoms in total. The van der Waals surface area contributed by atoms with Gasteiger partial charge in [0.1, 0.15) is 5.69 Å². The second-order valence-electron chi connectivity index (χ2n) is 6.43. The van der Waals surface area contributed by atoms with Crippen molar-refractivity contribution >= 4 is 16.8 Å². The van der Waals surface area contributed by atoms with E-state index in [9.17, 15) is 4.79 Å². The Morgan fingerprint density at radius 1 is 1.17 bits per heavy atom. The maximum Gasteiger partial charge on any atom is 0.270 e. The molecule has 1 aromatic carbocycles. The molecule has 0 bridgehead atoms. The average Bonchev–Trinajstić information content (AvgIpc) is 3.07. The maximum atomic E-state index is 12.7. The van der Waals surface area contributed by atoms with Crippen LogP contribution in [0.1, 0.15) is 10.5 Å². The Morgan fingerprint density at radius 3 is 2.75 bits per heavy atom. The standard InChI is InChI=1S/C18H23N3O3/c22-18(17-11-14-3-1-2-4-16(14)19-17)21-7-5-20(6-8-21)12-15-13-23-9-10-24-15/h1-4,11,15,19H,5-10,12-13H2. The third-order valence-corrected chi connectivity index (χ3v) is 4.77. The maximum absolute atomic E-state index is 12.7. The Bertz CT molecular complexity index is 667. The number of benzene rings is 1. The molecule has 1 N–H and O–H groups in total. The van der Waals surface area contributed by atoms with Crippen molar-refractivity contribution in [1.82, 2.24) is 14.8 Å². The molecule has 1 unspecified atom stereocenters. The van der Waals surface area contributed by atoms with Crippen molar-refractivity contribution in [3.05, 3.63) is 36.0 Å². The van der Waals surface area contributed by atoms with E-state index >= 15 is 0 Å². The van der Waals surface area contributed by atoms with E-state index in [2.05, 4.69) is 9.88 Å². The zero-order chi connectivity index (χ0) is 16.4.